The van der Waals surface area contributed by atoms with Crippen molar-refractivity contribution >= 4 is 40.4 Å². The summed E-state index contributed by atoms with van der Waals surface area (Å²) in [7, 11) is 1.40. The van der Waals surface area contributed by atoms with Crippen molar-refractivity contribution in [3.63, 3.8) is 0 Å². The highest BCUT2D eigenvalue weighted by molar-refractivity contribution is 6.00. The van der Waals surface area contributed by atoms with Gasteiger partial charge in [-0.3, -0.25) is 9.59 Å². The average Bonchev–Trinajstić information content (AvgIpc) is 3.12. The second-order valence-electron chi connectivity index (χ2n) is 6.94. The van der Waals surface area contributed by atoms with Gasteiger partial charge in [0.15, 0.2) is 5.69 Å². The number of anilines is 5. The smallest absolute Gasteiger partial charge is 0.354 e. The van der Waals surface area contributed by atoms with Crippen LogP contribution in [0.3, 0.4) is 0 Å². The number of amides is 2. The molecular formula is C21H17F3N6O2. The Labute approximate surface area is 180 Å². The SMILES string of the molecule is CNC(=O)c1ncccc1Nc1cc(Nc2ccc3c(c2)CC(=O)N3)ncc1C(F)(F)F. The van der Waals surface area contributed by atoms with E-state index in [0.717, 1.165) is 5.56 Å². The predicted molar refractivity (Wildman–Crippen MR) is 112 cm³/mol. The van der Waals surface area contributed by atoms with Crippen LogP contribution in [0.15, 0.2) is 48.8 Å². The molecule has 1 aromatic carbocycles. The summed E-state index contributed by atoms with van der Waals surface area (Å²) in [6.07, 6.45) is -2.38. The molecule has 11 heteroatoms. The summed E-state index contributed by atoms with van der Waals surface area (Å²) in [4.78, 5) is 31.4. The second kappa shape index (κ2) is 8.17. The van der Waals surface area contributed by atoms with Crippen molar-refractivity contribution in [2.45, 2.75) is 12.6 Å². The Kier molecular flexibility index (Phi) is 5.39. The van der Waals surface area contributed by atoms with Crippen LogP contribution >= 0.6 is 0 Å². The molecule has 0 saturated carbocycles. The van der Waals surface area contributed by atoms with Gasteiger partial charge in [-0.2, -0.15) is 13.2 Å². The first-order valence-electron chi connectivity index (χ1n) is 9.46. The minimum Gasteiger partial charge on any atom is -0.354 e. The molecule has 3 aromatic rings. The number of fused-ring (bicyclic) bond motifs is 1. The fraction of sp³-hybridized carbons (Fsp3) is 0.143. The molecule has 0 atom stereocenters. The Bertz CT molecular complexity index is 1210. The number of benzene rings is 1. The maximum Gasteiger partial charge on any atom is 0.419 e. The highest BCUT2D eigenvalue weighted by atomic mass is 19.4. The van der Waals surface area contributed by atoms with Crippen LogP contribution < -0.4 is 21.3 Å². The summed E-state index contributed by atoms with van der Waals surface area (Å²) in [6.45, 7) is 0. The van der Waals surface area contributed by atoms with Gasteiger partial charge in [0.05, 0.1) is 23.4 Å². The summed E-state index contributed by atoms with van der Waals surface area (Å²) in [5, 5.41) is 10.7. The molecule has 32 heavy (non-hydrogen) atoms. The molecule has 164 valence electrons. The molecule has 0 radical (unpaired) electrons. The van der Waals surface area contributed by atoms with Gasteiger partial charge in [0.1, 0.15) is 5.82 Å². The number of rotatable bonds is 5. The number of carbonyl (C=O) groups excluding carboxylic acids is 2. The molecule has 0 spiro atoms. The van der Waals surface area contributed by atoms with Crippen molar-refractivity contribution in [1.82, 2.24) is 15.3 Å². The Morgan fingerprint density at radius 3 is 2.66 bits per heavy atom. The molecule has 8 nitrogen and oxygen atoms in total. The Morgan fingerprint density at radius 2 is 1.91 bits per heavy atom. The predicted octanol–water partition coefficient (Wildman–Crippen LogP) is 3.84. The minimum absolute atomic E-state index is 0.0507. The van der Waals surface area contributed by atoms with E-state index in [1.807, 2.05) is 0 Å². The van der Waals surface area contributed by atoms with Gasteiger partial charge >= 0.3 is 6.18 Å². The Balaban J connectivity index is 1.68. The van der Waals surface area contributed by atoms with Crippen LogP contribution in [-0.4, -0.2) is 28.8 Å². The van der Waals surface area contributed by atoms with Crippen molar-refractivity contribution in [1.29, 1.82) is 0 Å². The molecule has 2 amide bonds. The number of pyridine rings is 2. The number of aromatic nitrogens is 2. The summed E-state index contributed by atoms with van der Waals surface area (Å²) in [6, 6.07) is 9.27. The van der Waals surface area contributed by atoms with Crippen LogP contribution in [0.2, 0.25) is 0 Å². The van der Waals surface area contributed by atoms with Gasteiger partial charge in [-0.05, 0) is 35.9 Å². The van der Waals surface area contributed by atoms with E-state index < -0.39 is 17.6 Å². The van der Waals surface area contributed by atoms with E-state index >= 15 is 0 Å². The van der Waals surface area contributed by atoms with Gasteiger partial charge in [-0.15, -0.1) is 0 Å². The topological polar surface area (TPSA) is 108 Å². The minimum atomic E-state index is -4.68. The lowest BCUT2D eigenvalue weighted by Crippen LogP contribution is -2.21. The van der Waals surface area contributed by atoms with Gasteiger partial charge in [0, 0.05) is 36.9 Å². The van der Waals surface area contributed by atoms with E-state index in [1.165, 1.54) is 31.4 Å². The van der Waals surface area contributed by atoms with E-state index in [0.29, 0.717) is 17.6 Å². The number of hydrogen-bond acceptors (Lipinski definition) is 6. The van der Waals surface area contributed by atoms with Crippen LogP contribution in [0.5, 0.6) is 0 Å². The van der Waals surface area contributed by atoms with Gasteiger partial charge in [-0.1, -0.05) is 0 Å². The lowest BCUT2D eigenvalue weighted by molar-refractivity contribution is -0.137. The molecular weight excluding hydrogens is 425 g/mol. The maximum absolute atomic E-state index is 13.6. The van der Waals surface area contributed by atoms with Crippen LogP contribution in [-0.2, 0) is 17.4 Å². The lowest BCUT2D eigenvalue weighted by Gasteiger charge is -2.17. The number of carbonyl (C=O) groups is 2. The van der Waals surface area contributed by atoms with Gasteiger partial charge in [-0.25, -0.2) is 9.97 Å². The van der Waals surface area contributed by atoms with E-state index in [1.54, 1.807) is 18.2 Å². The van der Waals surface area contributed by atoms with Gasteiger partial charge in [0.2, 0.25) is 5.91 Å². The van der Waals surface area contributed by atoms with Crippen LogP contribution in [0.4, 0.5) is 41.7 Å². The van der Waals surface area contributed by atoms with Crippen molar-refractivity contribution in [2.24, 2.45) is 0 Å². The monoisotopic (exact) mass is 442 g/mol. The van der Waals surface area contributed by atoms with E-state index in [9.17, 15) is 22.8 Å². The molecule has 3 heterocycles. The zero-order chi connectivity index (χ0) is 22.9. The van der Waals surface area contributed by atoms with Gasteiger partial charge < -0.3 is 21.3 Å². The molecule has 0 unspecified atom stereocenters. The van der Waals surface area contributed by atoms with Crippen molar-refractivity contribution < 1.29 is 22.8 Å². The number of hydrogen-bond donors (Lipinski definition) is 4. The van der Waals surface area contributed by atoms with Gasteiger partial charge in [0.25, 0.3) is 5.91 Å². The number of nitrogens with zero attached hydrogens (tertiary/aromatic N) is 2. The Morgan fingerprint density at radius 1 is 1.09 bits per heavy atom. The largest absolute Gasteiger partial charge is 0.419 e. The quantitative estimate of drug-likeness (QED) is 0.478. The van der Waals surface area contributed by atoms with Crippen molar-refractivity contribution in [3.8, 4) is 0 Å². The van der Waals surface area contributed by atoms with E-state index in [4.69, 9.17) is 0 Å². The summed E-state index contributed by atoms with van der Waals surface area (Å²) in [5.41, 5.74) is 0.787. The molecule has 4 N–H and O–H groups in total. The molecule has 0 aliphatic carbocycles. The molecule has 0 saturated heterocycles. The third-order valence-electron chi connectivity index (χ3n) is 4.73. The molecule has 2 aromatic heterocycles. The Hall–Kier alpha value is -4.15. The van der Waals surface area contributed by atoms with E-state index in [2.05, 4.69) is 31.2 Å². The molecule has 1 aliphatic rings. The van der Waals surface area contributed by atoms with Crippen molar-refractivity contribution in [2.75, 3.05) is 23.0 Å². The van der Waals surface area contributed by atoms with Crippen LogP contribution in [0, 0.1) is 0 Å². The summed E-state index contributed by atoms with van der Waals surface area (Å²) in [5.74, 6) is -0.529. The van der Waals surface area contributed by atoms with Crippen LogP contribution in [0.25, 0.3) is 0 Å². The first kappa shape index (κ1) is 21.1. The standard InChI is InChI=1S/C21H17F3N6O2/c1-25-20(32)19-15(3-2-6-26-19)29-16-9-17(27-10-13(16)21(22,23)24)28-12-4-5-14-11(7-12)8-18(31)30-14/h2-7,9-10H,8H2,1H3,(H,25,32)(H,30,31)(H2,27,28,29). The van der Waals surface area contributed by atoms with Crippen molar-refractivity contribution in [3.05, 3.63) is 65.6 Å². The second-order valence-corrected chi connectivity index (χ2v) is 6.94. The number of alkyl halides is 3. The first-order chi connectivity index (χ1) is 15.2. The normalized spacial score (nSPS) is 12.7. The van der Waals surface area contributed by atoms with E-state index in [-0.39, 0.29) is 35.2 Å². The zero-order valence-electron chi connectivity index (χ0n) is 16.7. The fourth-order valence-electron chi connectivity index (χ4n) is 3.26. The third kappa shape index (κ3) is 4.31. The van der Waals surface area contributed by atoms with Crippen LogP contribution in [0.1, 0.15) is 21.6 Å². The maximum atomic E-state index is 13.6. The fourth-order valence-corrected chi connectivity index (χ4v) is 3.26. The summed E-state index contributed by atoms with van der Waals surface area (Å²) >= 11 is 0. The first-order valence-corrected chi connectivity index (χ1v) is 9.46. The highest BCUT2D eigenvalue weighted by Crippen LogP contribution is 2.37. The number of halogens is 3. The lowest BCUT2D eigenvalue weighted by atomic mass is 10.1. The average molecular weight is 442 g/mol. The molecule has 0 fully saturated rings. The molecule has 4 rings (SSSR count). The molecule has 0 bridgehead atoms. The highest BCUT2D eigenvalue weighted by Gasteiger charge is 2.34. The molecule has 1 aliphatic heterocycles. The number of nitrogens with one attached hydrogen (secondary N) is 4. The summed E-state index contributed by atoms with van der Waals surface area (Å²) < 4.78 is 40.8. The zero-order valence-corrected chi connectivity index (χ0v) is 16.7. The third-order valence-corrected chi connectivity index (χ3v) is 4.73.